The van der Waals surface area contributed by atoms with Crippen molar-refractivity contribution in [2.75, 3.05) is 13.1 Å². The maximum absolute atomic E-state index is 12.2. The van der Waals surface area contributed by atoms with Crippen molar-refractivity contribution >= 4 is 11.9 Å². The van der Waals surface area contributed by atoms with E-state index in [1.165, 1.54) is 30.2 Å². The number of rotatable bonds is 8. The molecule has 1 aromatic rings. The van der Waals surface area contributed by atoms with Crippen molar-refractivity contribution in [1.82, 2.24) is 25.0 Å². The molecular weight excluding hydrogens is 298 g/mol. The minimum absolute atomic E-state index is 0.0778. The first-order chi connectivity index (χ1) is 11.0. The molecule has 0 saturated heterocycles. The molecule has 126 valence electrons. The summed E-state index contributed by atoms with van der Waals surface area (Å²) in [7, 11) is 0. The van der Waals surface area contributed by atoms with Gasteiger partial charge in [0.05, 0.1) is 6.54 Å². The molecule has 2 N–H and O–H groups in total. The van der Waals surface area contributed by atoms with Gasteiger partial charge in [0.2, 0.25) is 5.91 Å². The normalized spacial score (nSPS) is 25.0. The Hall–Kier alpha value is -1.96. The van der Waals surface area contributed by atoms with Gasteiger partial charge in [0.15, 0.2) is 0 Å². The predicted octanol–water partition coefficient (Wildman–Crippen LogP) is 0.283. The van der Waals surface area contributed by atoms with Crippen molar-refractivity contribution in [3.63, 3.8) is 0 Å². The Labute approximate surface area is 134 Å². The molecule has 0 spiro atoms. The minimum Gasteiger partial charge on any atom is -0.480 e. The van der Waals surface area contributed by atoms with Gasteiger partial charge in [0.1, 0.15) is 18.7 Å². The van der Waals surface area contributed by atoms with E-state index in [1.54, 1.807) is 6.92 Å². The van der Waals surface area contributed by atoms with Gasteiger partial charge >= 0.3 is 5.97 Å². The van der Waals surface area contributed by atoms with Crippen molar-refractivity contribution in [3.8, 4) is 0 Å². The number of nitrogens with one attached hydrogen (secondary N) is 1. The number of carboxylic acids is 1. The van der Waals surface area contributed by atoms with Crippen molar-refractivity contribution in [2.45, 2.75) is 50.7 Å². The lowest BCUT2D eigenvalue weighted by Gasteiger charge is -2.43. The van der Waals surface area contributed by atoms with Crippen LogP contribution in [0.2, 0.25) is 0 Å². The molecule has 1 amide bonds. The summed E-state index contributed by atoms with van der Waals surface area (Å²) in [6.07, 6.45) is 6.98. The molecule has 3 rings (SSSR count). The fraction of sp³-hybridized carbons (Fsp3) is 0.733. The molecule has 23 heavy (non-hydrogen) atoms. The summed E-state index contributed by atoms with van der Waals surface area (Å²) in [6, 6.07) is -0.00854. The molecule has 0 radical (unpaired) electrons. The van der Waals surface area contributed by atoms with Gasteiger partial charge in [-0.25, -0.2) is 9.67 Å². The largest absolute Gasteiger partial charge is 0.480 e. The summed E-state index contributed by atoms with van der Waals surface area (Å²) in [5.74, 6) is -0.195. The summed E-state index contributed by atoms with van der Waals surface area (Å²) >= 11 is 0. The van der Waals surface area contributed by atoms with Gasteiger partial charge in [-0.2, -0.15) is 5.10 Å². The zero-order chi connectivity index (χ0) is 16.4. The molecule has 8 nitrogen and oxygen atoms in total. The molecule has 1 aromatic heterocycles. The van der Waals surface area contributed by atoms with Crippen molar-refractivity contribution in [1.29, 1.82) is 0 Å². The molecule has 2 aliphatic rings. The van der Waals surface area contributed by atoms with Crippen LogP contribution in [0.15, 0.2) is 12.7 Å². The highest BCUT2D eigenvalue weighted by Gasteiger charge is 2.38. The van der Waals surface area contributed by atoms with E-state index in [0.29, 0.717) is 5.92 Å². The second-order valence-corrected chi connectivity index (χ2v) is 6.65. The van der Waals surface area contributed by atoms with Crippen molar-refractivity contribution in [2.24, 2.45) is 5.92 Å². The van der Waals surface area contributed by atoms with Crippen LogP contribution in [0.5, 0.6) is 0 Å². The van der Waals surface area contributed by atoms with E-state index in [2.05, 4.69) is 20.3 Å². The number of aromatic nitrogens is 3. The third-order valence-corrected chi connectivity index (χ3v) is 4.72. The van der Waals surface area contributed by atoms with Crippen LogP contribution >= 0.6 is 0 Å². The van der Waals surface area contributed by atoms with Gasteiger partial charge in [-0.05, 0) is 38.5 Å². The lowest BCUT2D eigenvalue weighted by atomic mass is 9.85. The molecule has 2 aliphatic carbocycles. The Morgan fingerprint density at radius 1 is 1.43 bits per heavy atom. The molecule has 1 unspecified atom stereocenters. The highest BCUT2D eigenvalue weighted by Crippen LogP contribution is 2.33. The first-order valence-electron chi connectivity index (χ1n) is 8.13. The maximum Gasteiger partial charge on any atom is 0.317 e. The van der Waals surface area contributed by atoms with E-state index in [0.717, 1.165) is 19.4 Å². The third kappa shape index (κ3) is 4.07. The molecule has 8 heteroatoms. The van der Waals surface area contributed by atoms with Crippen LogP contribution in [-0.4, -0.2) is 61.8 Å². The lowest BCUT2D eigenvalue weighted by molar-refractivity contribution is -0.140. The number of carboxylic acid groups (broad SMARTS) is 1. The van der Waals surface area contributed by atoms with Crippen molar-refractivity contribution in [3.05, 3.63) is 12.7 Å². The van der Waals surface area contributed by atoms with E-state index in [9.17, 15) is 9.59 Å². The number of amides is 1. The first kappa shape index (κ1) is 15.9. The second kappa shape index (κ2) is 6.66. The fourth-order valence-corrected chi connectivity index (χ4v) is 3.01. The Morgan fingerprint density at radius 2 is 2.17 bits per heavy atom. The number of carbonyl (C=O) groups is 2. The third-order valence-electron chi connectivity index (χ3n) is 4.72. The summed E-state index contributed by atoms with van der Waals surface area (Å²) in [4.78, 5) is 29.1. The van der Waals surface area contributed by atoms with E-state index in [-0.39, 0.29) is 24.5 Å². The number of hydrogen-bond acceptors (Lipinski definition) is 5. The van der Waals surface area contributed by atoms with E-state index < -0.39 is 12.0 Å². The van der Waals surface area contributed by atoms with Gasteiger partial charge < -0.3 is 10.4 Å². The average Bonchev–Trinajstić information content (AvgIpc) is 3.10. The SMILES string of the molecule is CC(C(=O)NC1CC(N(CC(=O)O)CC2CC2)C1)n1cncn1. The Balaban J connectivity index is 1.45. The van der Waals surface area contributed by atoms with E-state index >= 15 is 0 Å². The van der Waals surface area contributed by atoms with E-state index in [1.807, 2.05) is 0 Å². The number of hydrogen-bond donors (Lipinski definition) is 2. The zero-order valence-electron chi connectivity index (χ0n) is 13.3. The van der Waals surface area contributed by atoms with Crippen LogP contribution in [0.1, 0.15) is 38.6 Å². The van der Waals surface area contributed by atoms with Gasteiger partial charge in [0.25, 0.3) is 0 Å². The monoisotopic (exact) mass is 321 g/mol. The highest BCUT2D eigenvalue weighted by atomic mass is 16.4. The van der Waals surface area contributed by atoms with Crippen molar-refractivity contribution < 1.29 is 14.7 Å². The number of nitrogens with zero attached hydrogens (tertiary/aromatic N) is 4. The van der Waals surface area contributed by atoms with Gasteiger partial charge in [-0.1, -0.05) is 0 Å². The molecule has 0 aliphatic heterocycles. The molecule has 0 aromatic carbocycles. The summed E-state index contributed by atoms with van der Waals surface area (Å²) < 4.78 is 1.52. The average molecular weight is 321 g/mol. The number of aliphatic carboxylic acids is 1. The maximum atomic E-state index is 12.2. The lowest BCUT2D eigenvalue weighted by Crippen LogP contribution is -2.56. The van der Waals surface area contributed by atoms with Crippen LogP contribution in [-0.2, 0) is 9.59 Å². The molecule has 2 fully saturated rings. The summed E-state index contributed by atoms with van der Waals surface area (Å²) in [5.41, 5.74) is 0. The second-order valence-electron chi connectivity index (χ2n) is 6.65. The zero-order valence-corrected chi connectivity index (χ0v) is 13.3. The van der Waals surface area contributed by atoms with Crippen LogP contribution in [0.3, 0.4) is 0 Å². The summed E-state index contributed by atoms with van der Waals surface area (Å²) in [5, 5.41) is 16.0. The van der Waals surface area contributed by atoms with E-state index in [4.69, 9.17) is 5.11 Å². The first-order valence-corrected chi connectivity index (χ1v) is 8.13. The van der Waals surface area contributed by atoms with Gasteiger partial charge in [-0.3, -0.25) is 14.5 Å². The standard InChI is InChI=1S/C15H23N5O3/c1-10(20-9-16-8-17-20)15(23)18-12-4-13(5-12)19(7-14(21)22)6-11-2-3-11/h8-13H,2-7H2,1H3,(H,18,23)(H,21,22). The summed E-state index contributed by atoms with van der Waals surface area (Å²) in [6.45, 7) is 2.74. The molecule has 2 saturated carbocycles. The molecule has 0 bridgehead atoms. The van der Waals surface area contributed by atoms with Crippen LogP contribution < -0.4 is 5.32 Å². The Morgan fingerprint density at radius 3 is 2.74 bits per heavy atom. The number of carbonyl (C=O) groups excluding carboxylic acids is 1. The highest BCUT2D eigenvalue weighted by molar-refractivity contribution is 5.80. The quantitative estimate of drug-likeness (QED) is 0.713. The van der Waals surface area contributed by atoms with Crippen LogP contribution in [0.25, 0.3) is 0 Å². The molecular formula is C15H23N5O3. The topological polar surface area (TPSA) is 100 Å². The van der Waals surface area contributed by atoms with Gasteiger partial charge in [0, 0.05) is 18.6 Å². The molecule has 1 atom stereocenters. The van der Waals surface area contributed by atoms with Crippen LogP contribution in [0.4, 0.5) is 0 Å². The Bertz CT molecular complexity index is 551. The van der Waals surface area contributed by atoms with Gasteiger partial charge in [-0.15, -0.1) is 0 Å². The Kier molecular flexibility index (Phi) is 4.61. The minimum atomic E-state index is -0.780. The smallest absolute Gasteiger partial charge is 0.317 e. The predicted molar refractivity (Wildman–Crippen MR) is 81.6 cm³/mol. The van der Waals surface area contributed by atoms with Crippen LogP contribution in [0, 0.1) is 5.92 Å². The fourth-order valence-electron chi connectivity index (χ4n) is 3.01. The molecule has 1 heterocycles.